The van der Waals surface area contributed by atoms with Gasteiger partial charge in [-0.25, -0.2) is 9.18 Å². The summed E-state index contributed by atoms with van der Waals surface area (Å²) in [6, 6.07) is 7.43. The second-order valence-corrected chi connectivity index (χ2v) is 7.26. The van der Waals surface area contributed by atoms with Crippen molar-refractivity contribution in [2.75, 3.05) is 0 Å². The van der Waals surface area contributed by atoms with E-state index in [0.717, 1.165) is 5.56 Å². The molecule has 0 aliphatic carbocycles. The Kier molecular flexibility index (Phi) is 5.68. The van der Waals surface area contributed by atoms with Crippen LogP contribution in [0.5, 0.6) is 11.5 Å². The number of nitrogens with one attached hydrogen (secondary N) is 1. The second kappa shape index (κ2) is 7.61. The van der Waals surface area contributed by atoms with Crippen molar-refractivity contribution in [3.8, 4) is 11.5 Å². The van der Waals surface area contributed by atoms with Crippen molar-refractivity contribution < 1.29 is 24.0 Å². The molecule has 7 nitrogen and oxygen atoms in total. The number of amides is 1. The van der Waals surface area contributed by atoms with Crippen LogP contribution in [0.4, 0.5) is 14.9 Å². The highest BCUT2D eigenvalue weighted by molar-refractivity contribution is 5.66. The average Bonchev–Trinajstić information content (AvgIpc) is 2.54. The number of hydrogen-bond acceptors (Lipinski definition) is 4. The van der Waals surface area contributed by atoms with Crippen LogP contribution in [0, 0.1) is 28.3 Å². The SMILES string of the molecule is Cc1ccc(F)c(Oc2ccc([N+](=O)[O-])c(C(NC(=O)O)C(C)(C)C)c2)c1. The summed E-state index contributed by atoms with van der Waals surface area (Å²) in [5.74, 6) is -0.425. The largest absolute Gasteiger partial charge is 0.465 e. The predicted molar refractivity (Wildman–Crippen MR) is 97.7 cm³/mol. The molecule has 0 heterocycles. The van der Waals surface area contributed by atoms with Gasteiger partial charge in [0.25, 0.3) is 5.69 Å². The summed E-state index contributed by atoms with van der Waals surface area (Å²) in [5.41, 5.74) is 0.0194. The van der Waals surface area contributed by atoms with Crippen LogP contribution < -0.4 is 10.1 Å². The van der Waals surface area contributed by atoms with E-state index in [4.69, 9.17) is 9.84 Å². The number of carboxylic acid groups (broad SMARTS) is 1. The zero-order valence-electron chi connectivity index (χ0n) is 15.4. The fourth-order valence-electron chi connectivity index (χ4n) is 2.69. The fraction of sp³-hybridized carbons (Fsp3) is 0.316. The lowest BCUT2D eigenvalue weighted by molar-refractivity contribution is -0.386. The van der Waals surface area contributed by atoms with Crippen LogP contribution in [0.25, 0.3) is 0 Å². The van der Waals surface area contributed by atoms with Gasteiger partial charge in [-0.2, -0.15) is 0 Å². The third kappa shape index (κ3) is 4.93. The number of halogens is 1. The number of nitrogens with zero attached hydrogens (tertiary/aromatic N) is 1. The molecule has 2 aromatic rings. The number of nitro benzene ring substituents is 1. The maximum atomic E-state index is 14.0. The van der Waals surface area contributed by atoms with Gasteiger partial charge in [-0.1, -0.05) is 26.8 Å². The van der Waals surface area contributed by atoms with Crippen molar-refractivity contribution in [1.82, 2.24) is 5.32 Å². The van der Waals surface area contributed by atoms with Gasteiger partial charge in [0.1, 0.15) is 5.75 Å². The molecule has 0 aromatic heterocycles. The number of nitro groups is 1. The molecule has 0 aliphatic heterocycles. The quantitative estimate of drug-likeness (QED) is 0.552. The van der Waals surface area contributed by atoms with Crippen molar-refractivity contribution >= 4 is 11.8 Å². The summed E-state index contributed by atoms with van der Waals surface area (Å²) < 4.78 is 19.5. The molecule has 2 N–H and O–H groups in total. The van der Waals surface area contributed by atoms with E-state index in [9.17, 15) is 19.3 Å². The number of rotatable bonds is 5. The van der Waals surface area contributed by atoms with Gasteiger partial charge < -0.3 is 15.2 Å². The van der Waals surface area contributed by atoms with Crippen LogP contribution in [-0.2, 0) is 0 Å². The molecule has 0 saturated heterocycles. The standard InChI is InChI=1S/C19H21FN2O5/c1-11-5-7-14(20)16(9-11)27-12-6-8-15(22(25)26)13(10-12)17(19(2,3)4)21-18(23)24/h5-10,17,21H,1-4H3,(H,23,24). The normalized spacial score (nSPS) is 12.3. The lowest BCUT2D eigenvalue weighted by atomic mass is 9.81. The molecule has 0 radical (unpaired) electrons. The molecule has 0 bridgehead atoms. The summed E-state index contributed by atoms with van der Waals surface area (Å²) in [5, 5.41) is 22.9. The van der Waals surface area contributed by atoms with Crippen LogP contribution in [0.3, 0.4) is 0 Å². The molecular formula is C19H21FN2O5. The lowest BCUT2D eigenvalue weighted by Crippen LogP contribution is -2.36. The third-order valence-corrected chi connectivity index (χ3v) is 3.96. The number of hydrogen-bond donors (Lipinski definition) is 2. The Morgan fingerprint density at radius 1 is 1.26 bits per heavy atom. The second-order valence-electron chi connectivity index (χ2n) is 7.26. The van der Waals surface area contributed by atoms with Gasteiger partial charge in [0.15, 0.2) is 11.6 Å². The van der Waals surface area contributed by atoms with E-state index in [1.807, 2.05) is 0 Å². The molecule has 27 heavy (non-hydrogen) atoms. The molecule has 144 valence electrons. The van der Waals surface area contributed by atoms with Crippen LogP contribution in [0.2, 0.25) is 0 Å². The van der Waals surface area contributed by atoms with Crippen LogP contribution >= 0.6 is 0 Å². The van der Waals surface area contributed by atoms with Gasteiger partial charge in [-0.3, -0.25) is 10.1 Å². The summed E-state index contributed by atoms with van der Waals surface area (Å²) in [4.78, 5) is 22.1. The van der Waals surface area contributed by atoms with E-state index < -0.39 is 28.3 Å². The van der Waals surface area contributed by atoms with Gasteiger partial charge in [0, 0.05) is 6.07 Å². The molecule has 0 saturated carbocycles. The summed E-state index contributed by atoms with van der Waals surface area (Å²) in [6.07, 6.45) is -1.31. The van der Waals surface area contributed by atoms with Gasteiger partial charge >= 0.3 is 6.09 Å². The maximum Gasteiger partial charge on any atom is 0.405 e. The van der Waals surface area contributed by atoms with Crippen molar-refractivity contribution in [3.63, 3.8) is 0 Å². The van der Waals surface area contributed by atoms with E-state index in [0.29, 0.717) is 0 Å². The first-order valence-electron chi connectivity index (χ1n) is 8.21. The molecule has 2 rings (SSSR count). The zero-order chi connectivity index (χ0) is 20.4. The third-order valence-electron chi connectivity index (χ3n) is 3.96. The molecule has 8 heteroatoms. The highest BCUT2D eigenvalue weighted by Crippen LogP contribution is 2.40. The zero-order valence-corrected chi connectivity index (χ0v) is 15.4. The number of carbonyl (C=O) groups is 1. The summed E-state index contributed by atoms with van der Waals surface area (Å²) in [7, 11) is 0. The topological polar surface area (TPSA) is 102 Å². The molecule has 1 atom stereocenters. The fourth-order valence-corrected chi connectivity index (χ4v) is 2.69. The van der Waals surface area contributed by atoms with Crippen LogP contribution in [-0.4, -0.2) is 16.1 Å². The highest BCUT2D eigenvalue weighted by Gasteiger charge is 2.33. The molecule has 1 unspecified atom stereocenters. The molecule has 1 amide bonds. The van der Waals surface area contributed by atoms with Gasteiger partial charge in [0.05, 0.1) is 16.5 Å². The lowest BCUT2D eigenvalue weighted by Gasteiger charge is -2.30. The highest BCUT2D eigenvalue weighted by atomic mass is 19.1. The Bertz CT molecular complexity index is 877. The van der Waals surface area contributed by atoms with Crippen LogP contribution in [0.15, 0.2) is 36.4 Å². The van der Waals surface area contributed by atoms with E-state index >= 15 is 0 Å². The van der Waals surface area contributed by atoms with Gasteiger partial charge in [-0.15, -0.1) is 0 Å². The van der Waals surface area contributed by atoms with Gasteiger partial charge in [0.2, 0.25) is 0 Å². The first-order valence-corrected chi connectivity index (χ1v) is 8.21. The van der Waals surface area contributed by atoms with Crippen molar-refractivity contribution in [1.29, 1.82) is 0 Å². The van der Waals surface area contributed by atoms with Crippen LogP contribution in [0.1, 0.15) is 37.9 Å². The smallest absolute Gasteiger partial charge is 0.405 e. The summed E-state index contributed by atoms with van der Waals surface area (Å²) in [6.45, 7) is 7.04. The van der Waals surface area contributed by atoms with Crippen molar-refractivity contribution in [2.24, 2.45) is 5.41 Å². The Morgan fingerprint density at radius 3 is 2.48 bits per heavy atom. The van der Waals surface area contributed by atoms with Crippen molar-refractivity contribution in [3.05, 3.63) is 63.5 Å². The summed E-state index contributed by atoms with van der Waals surface area (Å²) >= 11 is 0. The minimum atomic E-state index is -1.31. The van der Waals surface area contributed by atoms with E-state index in [2.05, 4.69) is 5.32 Å². The van der Waals surface area contributed by atoms with E-state index in [1.165, 1.54) is 30.3 Å². The Balaban J connectivity index is 2.54. The Hall–Kier alpha value is -3.16. The monoisotopic (exact) mass is 376 g/mol. The number of ether oxygens (including phenoxy) is 1. The average molecular weight is 376 g/mol. The Morgan fingerprint density at radius 2 is 1.93 bits per heavy atom. The van der Waals surface area contributed by atoms with E-state index in [1.54, 1.807) is 33.8 Å². The van der Waals surface area contributed by atoms with E-state index in [-0.39, 0.29) is 22.7 Å². The minimum absolute atomic E-state index is 0.0201. The maximum absolute atomic E-state index is 14.0. The minimum Gasteiger partial charge on any atom is -0.465 e. The first-order chi connectivity index (χ1) is 12.5. The molecular weight excluding hydrogens is 355 g/mol. The number of aryl methyl sites for hydroxylation is 1. The first kappa shape index (κ1) is 20.2. The molecule has 0 aliphatic rings. The predicted octanol–water partition coefficient (Wildman–Crippen LogP) is 5.19. The molecule has 2 aromatic carbocycles. The number of benzene rings is 2. The molecule has 0 spiro atoms. The van der Waals surface area contributed by atoms with Crippen molar-refractivity contribution in [2.45, 2.75) is 33.7 Å². The van der Waals surface area contributed by atoms with Gasteiger partial charge in [-0.05, 0) is 42.2 Å². The Labute approximate surface area is 155 Å². The molecule has 0 fully saturated rings.